The summed E-state index contributed by atoms with van der Waals surface area (Å²) in [6.45, 7) is 0.551. The van der Waals surface area contributed by atoms with E-state index >= 15 is 0 Å². The van der Waals surface area contributed by atoms with Gasteiger partial charge in [0, 0.05) is 42.1 Å². The fourth-order valence-corrected chi connectivity index (χ4v) is 2.75. The highest BCUT2D eigenvalue weighted by atomic mass is 16.2. The van der Waals surface area contributed by atoms with Crippen LogP contribution in [0.2, 0.25) is 0 Å². The first-order chi connectivity index (χ1) is 12.7. The highest BCUT2D eigenvalue weighted by Crippen LogP contribution is 2.17. The molecule has 2 N–H and O–H groups in total. The van der Waals surface area contributed by atoms with Crippen LogP contribution >= 0.6 is 0 Å². The Hall–Kier alpha value is -3.68. The van der Waals surface area contributed by atoms with E-state index in [9.17, 15) is 9.59 Å². The summed E-state index contributed by atoms with van der Waals surface area (Å²) in [5.74, 6) is 0.344. The normalized spacial score (nSPS) is 10.9. The molecule has 0 atom stereocenters. The van der Waals surface area contributed by atoms with Crippen molar-refractivity contribution in [3.8, 4) is 5.82 Å². The van der Waals surface area contributed by atoms with Crippen LogP contribution in [-0.2, 0) is 6.54 Å². The zero-order chi connectivity index (χ0) is 17.9. The summed E-state index contributed by atoms with van der Waals surface area (Å²) in [5.41, 5.74) is 1.25. The topological polar surface area (TPSA) is 97.6 Å². The van der Waals surface area contributed by atoms with Crippen LogP contribution in [0.15, 0.2) is 65.8 Å². The average Bonchev–Trinajstić information content (AvgIpc) is 3.33. The second-order valence-electron chi connectivity index (χ2n) is 5.71. The minimum Gasteiger partial charge on any atom is -0.360 e. The summed E-state index contributed by atoms with van der Waals surface area (Å²) < 4.78 is 2.88. The lowest BCUT2D eigenvalue weighted by Gasteiger charge is -2.08. The van der Waals surface area contributed by atoms with Gasteiger partial charge in [0.15, 0.2) is 5.82 Å². The minimum absolute atomic E-state index is 0.196. The number of hydrogen-bond donors (Lipinski definition) is 2. The zero-order valence-electron chi connectivity index (χ0n) is 13.8. The molecule has 3 aromatic heterocycles. The first-order valence-corrected chi connectivity index (χ1v) is 8.15. The summed E-state index contributed by atoms with van der Waals surface area (Å²) in [6.07, 6.45) is 5.07. The van der Waals surface area contributed by atoms with Crippen molar-refractivity contribution in [2.45, 2.75) is 6.54 Å². The third-order valence-electron chi connectivity index (χ3n) is 4.03. The number of benzene rings is 1. The molecule has 0 radical (unpaired) electrons. The number of hydrogen-bond acceptors (Lipinski definition) is 4. The molecule has 8 nitrogen and oxygen atoms in total. The van der Waals surface area contributed by atoms with E-state index in [0.29, 0.717) is 11.4 Å². The zero-order valence-corrected chi connectivity index (χ0v) is 13.8. The van der Waals surface area contributed by atoms with Gasteiger partial charge in [-0.3, -0.25) is 9.59 Å². The standard InChI is InChI=1S/C18H16N6O2/c25-17-7-6-16(23-10-3-8-21-23)22-24(17)11-9-19-18(26)14-12-20-15-5-2-1-4-13(14)15/h1-8,10,12,20H,9,11H2,(H,19,26). The van der Waals surface area contributed by atoms with Gasteiger partial charge in [0.05, 0.1) is 12.1 Å². The van der Waals surface area contributed by atoms with Crippen LogP contribution in [0, 0.1) is 0 Å². The van der Waals surface area contributed by atoms with Gasteiger partial charge in [-0.2, -0.15) is 5.10 Å². The van der Waals surface area contributed by atoms with Crippen molar-refractivity contribution in [3.63, 3.8) is 0 Å². The van der Waals surface area contributed by atoms with E-state index in [1.54, 1.807) is 35.4 Å². The van der Waals surface area contributed by atoms with Gasteiger partial charge >= 0.3 is 0 Å². The van der Waals surface area contributed by atoms with E-state index in [2.05, 4.69) is 20.5 Å². The Balaban J connectivity index is 1.45. The maximum Gasteiger partial charge on any atom is 0.266 e. The molecule has 3 heterocycles. The Bertz CT molecular complexity index is 1110. The third-order valence-corrected chi connectivity index (χ3v) is 4.03. The molecule has 0 aliphatic carbocycles. The predicted molar refractivity (Wildman–Crippen MR) is 96.3 cm³/mol. The van der Waals surface area contributed by atoms with Crippen molar-refractivity contribution in [3.05, 3.63) is 77.0 Å². The number of carbonyl (C=O) groups excluding carboxylic acids is 1. The van der Waals surface area contributed by atoms with Crippen LogP contribution in [-0.4, -0.2) is 37.0 Å². The molecule has 0 fully saturated rings. The Morgan fingerprint density at radius 3 is 2.88 bits per heavy atom. The maximum atomic E-state index is 12.4. The molecular weight excluding hydrogens is 332 g/mol. The van der Waals surface area contributed by atoms with Gasteiger partial charge in [-0.1, -0.05) is 18.2 Å². The lowest BCUT2D eigenvalue weighted by molar-refractivity contribution is 0.0953. The number of para-hydroxylation sites is 1. The number of nitrogens with zero attached hydrogens (tertiary/aromatic N) is 4. The Labute approximate surface area is 148 Å². The van der Waals surface area contributed by atoms with E-state index in [1.807, 2.05) is 24.3 Å². The fourth-order valence-electron chi connectivity index (χ4n) is 2.75. The van der Waals surface area contributed by atoms with Crippen molar-refractivity contribution in [1.82, 2.24) is 29.9 Å². The lowest BCUT2D eigenvalue weighted by Crippen LogP contribution is -2.32. The molecule has 1 aromatic carbocycles. The van der Waals surface area contributed by atoms with Gasteiger partial charge in [-0.25, -0.2) is 9.36 Å². The number of H-pyrrole nitrogens is 1. The van der Waals surface area contributed by atoms with Gasteiger partial charge < -0.3 is 10.3 Å². The van der Waals surface area contributed by atoms with Crippen LogP contribution in [0.25, 0.3) is 16.7 Å². The van der Waals surface area contributed by atoms with Crippen LogP contribution in [0.3, 0.4) is 0 Å². The SMILES string of the molecule is O=C(NCCn1nc(-n2cccn2)ccc1=O)c1c[nH]c2ccccc12. The molecule has 0 saturated carbocycles. The molecule has 0 aliphatic rings. The van der Waals surface area contributed by atoms with Crippen LogP contribution in [0.5, 0.6) is 0 Å². The summed E-state index contributed by atoms with van der Waals surface area (Å²) in [5, 5.41) is 12.1. The van der Waals surface area contributed by atoms with Gasteiger partial charge in [-0.05, 0) is 18.2 Å². The lowest BCUT2D eigenvalue weighted by atomic mass is 10.1. The minimum atomic E-state index is -0.234. The second kappa shape index (κ2) is 6.67. The summed E-state index contributed by atoms with van der Waals surface area (Å²) >= 11 is 0. The van der Waals surface area contributed by atoms with Crippen molar-refractivity contribution in [1.29, 1.82) is 0 Å². The maximum absolute atomic E-state index is 12.4. The molecule has 0 spiro atoms. The number of rotatable bonds is 5. The van der Waals surface area contributed by atoms with E-state index < -0.39 is 0 Å². The predicted octanol–water partition coefficient (Wildman–Crippen LogP) is 1.34. The van der Waals surface area contributed by atoms with Gasteiger partial charge in [0.1, 0.15) is 0 Å². The fraction of sp³-hybridized carbons (Fsp3) is 0.111. The molecule has 8 heteroatoms. The van der Waals surface area contributed by atoms with E-state index in [-0.39, 0.29) is 24.6 Å². The van der Waals surface area contributed by atoms with E-state index in [0.717, 1.165) is 10.9 Å². The average molecular weight is 348 g/mol. The number of fused-ring (bicyclic) bond motifs is 1. The Morgan fingerprint density at radius 1 is 1.15 bits per heavy atom. The van der Waals surface area contributed by atoms with Crippen molar-refractivity contribution in [2.24, 2.45) is 0 Å². The second-order valence-corrected chi connectivity index (χ2v) is 5.71. The van der Waals surface area contributed by atoms with Crippen LogP contribution in [0.4, 0.5) is 0 Å². The quantitative estimate of drug-likeness (QED) is 0.569. The highest BCUT2D eigenvalue weighted by molar-refractivity contribution is 6.06. The van der Waals surface area contributed by atoms with E-state index in [4.69, 9.17) is 0 Å². The molecule has 0 bridgehead atoms. The number of carbonyl (C=O) groups is 1. The number of aromatic nitrogens is 5. The van der Waals surface area contributed by atoms with Crippen molar-refractivity contribution >= 4 is 16.8 Å². The first kappa shape index (κ1) is 15.8. The van der Waals surface area contributed by atoms with Gasteiger partial charge in [0.25, 0.3) is 11.5 Å². The van der Waals surface area contributed by atoms with Crippen LogP contribution in [0.1, 0.15) is 10.4 Å². The van der Waals surface area contributed by atoms with Gasteiger partial charge in [0.2, 0.25) is 0 Å². The largest absolute Gasteiger partial charge is 0.360 e. The molecule has 0 saturated heterocycles. The summed E-state index contributed by atoms with van der Waals surface area (Å²) in [7, 11) is 0. The van der Waals surface area contributed by atoms with Gasteiger partial charge in [-0.15, -0.1) is 5.10 Å². The molecule has 130 valence electrons. The number of nitrogens with one attached hydrogen (secondary N) is 2. The molecule has 0 aliphatic heterocycles. The molecule has 4 rings (SSSR count). The molecule has 1 amide bonds. The molecule has 4 aromatic rings. The Morgan fingerprint density at radius 2 is 2.04 bits per heavy atom. The summed E-state index contributed by atoms with van der Waals surface area (Å²) in [4.78, 5) is 27.4. The smallest absolute Gasteiger partial charge is 0.266 e. The molecule has 0 unspecified atom stereocenters. The summed E-state index contributed by atoms with van der Waals surface area (Å²) in [6, 6.07) is 12.4. The Kier molecular flexibility index (Phi) is 4.06. The molecule has 26 heavy (non-hydrogen) atoms. The van der Waals surface area contributed by atoms with E-state index in [1.165, 1.54) is 10.7 Å². The number of aromatic amines is 1. The van der Waals surface area contributed by atoms with Crippen molar-refractivity contribution < 1.29 is 4.79 Å². The monoisotopic (exact) mass is 348 g/mol. The number of amides is 1. The highest BCUT2D eigenvalue weighted by Gasteiger charge is 2.11. The first-order valence-electron chi connectivity index (χ1n) is 8.15. The molecular formula is C18H16N6O2. The van der Waals surface area contributed by atoms with Crippen LogP contribution < -0.4 is 10.9 Å². The van der Waals surface area contributed by atoms with Crippen molar-refractivity contribution in [2.75, 3.05) is 6.54 Å². The third kappa shape index (κ3) is 3.00.